The number of methoxy groups -OCH3 is 2. The van der Waals surface area contributed by atoms with Gasteiger partial charge in [0, 0.05) is 22.8 Å². The molecule has 0 radical (unpaired) electrons. The van der Waals surface area contributed by atoms with Gasteiger partial charge in [0.25, 0.3) is 11.8 Å². The topological polar surface area (TPSA) is 86.5 Å². The van der Waals surface area contributed by atoms with Crippen LogP contribution in [-0.2, 0) is 0 Å². The van der Waals surface area contributed by atoms with Gasteiger partial charge in [0.2, 0.25) is 0 Å². The van der Waals surface area contributed by atoms with E-state index >= 15 is 0 Å². The van der Waals surface area contributed by atoms with Gasteiger partial charge in [-0.15, -0.1) is 0 Å². The van der Waals surface area contributed by atoms with Crippen molar-refractivity contribution in [3.05, 3.63) is 59.4 Å². The van der Waals surface area contributed by atoms with Crippen molar-refractivity contribution >= 4 is 5.91 Å². The molecule has 0 unspecified atom stereocenters. The van der Waals surface area contributed by atoms with Gasteiger partial charge in [-0.05, 0) is 50.2 Å². The summed E-state index contributed by atoms with van der Waals surface area (Å²) in [5.74, 6) is 2.16. The van der Waals surface area contributed by atoms with E-state index in [9.17, 15) is 4.79 Å². The number of amides is 1. The van der Waals surface area contributed by atoms with Crippen LogP contribution in [0.15, 0.2) is 47.0 Å². The second-order valence-electron chi connectivity index (χ2n) is 6.03. The van der Waals surface area contributed by atoms with E-state index in [0.29, 0.717) is 28.8 Å². The Balaban J connectivity index is 1.73. The van der Waals surface area contributed by atoms with E-state index < -0.39 is 0 Å². The summed E-state index contributed by atoms with van der Waals surface area (Å²) in [7, 11) is 3.18. The van der Waals surface area contributed by atoms with E-state index in [4.69, 9.17) is 14.0 Å². The molecule has 7 nitrogen and oxygen atoms in total. The second-order valence-corrected chi connectivity index (χ2v) is 6.03. The number of carbonyl (C=O) groups excluding carboxylic acids is 1. The number of nitrogens with zero attached hydrogens (tertiary/aromatic N) is 2. The maximum Gasteiger partial charge on any atom is 0.257 e. The molecule has 1 aromatic heterocycles. The SMILES string of the molecule is COc1ccc([C@@H](C)NC(=O)c2ccc(-c3nc(C)no3)cc2)c(OC)c1. The molecule has 0 aliphatic carbocycles. The molecule has 0 spiro atoms. The lowest BCUT2D eigenvalue weighted by molar-refractivity contribution is 0.0939. The highest BCUT2D eigenvalue weighted by Crippen LogP contribution is 2.29. The highest BCUT2D eigenvalue weighted by molar-refractivity contribution is 5.94. The van der Waals surface area contributed by atoms with Crippen LogP contribution in [-0.4, -0.2) is 30.3 Å². The van der Waals surface area contributed by atoms with Gasteiger partial charge in [-0.2, -0.15) is 4.98 Å². The van der Waals surface area contributed by atoms with Crippen LogP contribution >= 0.6 is 0 Å². The highest BCUT2D eigenvalue weighted by Gasteiger charge is 2.16. The number of aromatic nitrogens is 2. The van der Waals surface area contributed by atoms with Gasteiger partial charge in [0.1, 0.15) is 11.5 Å². The van der Waals surface area contributed by atoms with Crippen molar-refractivity contribution in [1.82, 2.24) is 15.5 Å². The van der Waals surface area contributed by atoms with Crippen LogP contribution in [0.3, 0.4) is 0 Å². The summed E-state index contributed by atoms with van der Waals surface area (Å²) in [6.07, 6.45) is 0. The maximum atomic E-state index is 12.6. The van der Waals surface area contributed by atoms with Crippen LogP contribution in [0.25, 0.3) is 11.5 Å². The zero-order valence-corrected chi connectivity index (χ0v) is 15.6. The number of aryl methyl sites for hydroxylation is 1. The first-order chi connectivity index (χ1) is 13.0. The third-order valence-corrected chi connectivity index (χ3v) is 4.18. The van der Waals surface area contributed by atoms with Crippen molar-refractivity contribution < 1.29 is 18.8 Å². The summed E-state index contributed by atoms with van der Waals surface area (Å²) in [6, 6.07) is 12.3. The first kappa shape index (κ1) is 18.4. The lowest BCUT2D eigenvalue weighted by atomic mass is 10.1. The number of nitrogens with one attached hydrogen (secondary N) is 1. The molecule has 1 heterocycles. The molecule has 0 fully saturated rings. The number of hydrogen-bond donors (Lipinski definition) is 1. The molecule has 3 rings (SSSR count). The van der Waals surface area contributed by atoms with Crippen molar-refractivity contribution in [1.29, 1.82) is 0 Å². The van der Waals surface area contributed by atoms with E-state index in [1.54, 1.807) is 51.5 Å². The number of rotatable bonds is 6. The van der Waals surface area contributed by atoms with Gasteiger partial charge >= 0.3 is 0 Å². The van der Waals surface area contributed by atoms with Crippen LogP contribution in [0.5, 0.6) is 11.5 Å². The minimum atomic E-state index is -0.239. The van der Waals surface area contributed by atoms with Crippen LogP contribution < -0.4 is 14.8 Å². The van der Waals surface area contributed by atoms with Crippen LogP contribution in [0.1, 0.15) is 34.7 Å². The van der Waals surface area contributed by atoms with Gasteiger partial charge in [-0.1, -0.05) is 5.16 Å². The fourth-order valence-corrected chi connectivity index (χ4v) is 2.71. The lowest BCUT2D eigenvalue weighted by Gasteiger charge is -2.18. The third-order valence-electron chi connectivity index (χ3n) is 4.18. The minimum Gasteiger partial charge on any atom is -0.497 e. The van der Waals surface area contributed by atoms with E-state index in [2.05, 4.69) is 15.5 Å². The van der Waals surface area contributed by atoms with Gasteiger partial charge < -0.3 is 19.3 Å². The Morgan fingerprint density at radius 1 is 1.11 bits per heavy atom. The van der Waals surface area contributed by atoms with Crippen molar-refractivity contribution in [3.63, 3.8) is 0 Å². The van der Waals surface area contributed by atoms with E-state index in [1.807, 2.05) is 19.1 Å². The maximum absolute atomic E-state index is 12.6. The van der Waals surface area contributed by atoms with Crippen molar-refractivity contribution in [2.24, 2.45) is 0 Å². The average Bonchev–Trinajstić information content (AvgIpc) is 3.13. The molecular weight excluding hydrogens is 346 g/mol. The third kappa shape index (κ3) is 4.08. The number of benzene rings is 2. The quantitative estimate of drug-likeness (QED) is 0.717. The highest BCUT2D eigenvalue weighted by atomic mass is 16.5. The Morgan fingerprint density at radius 3 is 2.44 bits per heavy atom. The largest absolute Gasteiger partial charge is 0.497 e. The summed E-state index contributed by atoms with van der Waals surface area (Å²) >= 11 is 0. The molecule has 0 saturated heterocycles. The molecule has 0 aliphatic rings. The van der Waals surface area contributed by atoms with Crippen LogP contribution in [0, 0.1) is 6.92 Å². The predicted molar refractivity (Wildman–Crippen MR) is 99.9 cm³/mol. The first-order valence-corrected chi connectivity index (χ1v) is 8.45. The molecule has 1 N–H and O–H groups in total. The fraction of sp³-hybridized carbons (Fsp3) is 0.250. The van der Waals surface area contributed by atoms with Crippen molar-refractivity contribution in [2.45, 2.75) is 19.9 Å². The smallest absolute Gasteiger partial charge is 0.257 e. The molecule has 3 aromatic rings. The Morgan fingerprint density at radius 2 is 1.85 bits per heavy atom. The van der Waals surface area contributed by atoms with E-state index in [-0.39, 0.29) is 11.9 Å². The Bertz CT molecular complexity index is 935. The van der Waals surface area contributed by atoms with Gasteiger partial charge in [-0.25, -0.2) is 0 Å². The van der Waals surface area contributed by atoms with Crippen LogP contribution in [0.4, 0.5) is 0 Å². The molecule has 2 aromatic carbocycles. The molecule has 0 saturated carbocycles. The normalized spacial score (nSPS) is 11.7. The monoisotopic (exact) mass is 367 g/mol. The van der Waals surface area contributed by atoms with Crippen molar-refractivity contribution in [3.8, 4) is 23.0 Å². The molecule has 0 aliphatic heterocycles. The Kier molecular flexibility index (Phi) is 5.40. The summed E-state index contributed by atoms with van der Waals surface area (Å²) in [5, 5.41) is 6.74. The fourth-order valence-electron chi connectivity index (χ4n) is 2.71. The number of carbonyl (C=O) groups is 1. The van der Waals surface area contributed by atoms with E-state index in [0.717, 1.165) is 11.1 Å². The summed E-state index contributed by atoms with van der Waals surface area (Å²) in [4.78, 5) is 16.7. The van der Waals surface area contributed by atoms with Crippen molar-refractivity contribution in [2.75, 3.05) is 14.2 Å². The molecular formula is C20H21N3O4. The van der Waals surface area contributed by atoms with Gasteiger partial charge in [0.05, 0.1) is 20.3 Å². The van der Waals surface area contributed by atoms with Crippen LogP contribution in [0.2, 0.25) is 0 Å². The lowest BCUT2D eigenvalue weighted by Crippen LogP contribution is -2.26. The second kappa shape index (κ2) is 7.90. The molecule has 27 heavy (non-hydrogen) atoms. The molecule has 0 bridgehead atoms. The zero-order chi connectivity index (χ0) is 19.4. The summed E-state index contributed by atoms with van der Waals surface area (Å²) < 4.78 is 15.7. The van der Waals surface area contributed by atoms with Gasteiger partial charge in [-0.3, -0.25) is 4.79 Å². The number of hydrogen-bond acceptors (Lipinski definition) is 6. The Hall–Kier alpha value is -3.35. The molecule has 7 heteroatoms. The average molecular weight is 367 g/mol. The predicted octanol–water partition coefficient (Wildman–Crippen LogP) is 3.55. The van der Waals surface area contributed by atoms with Gasteiger partial charge in [0.15, 0.2) is 5.82 Å². The Labute approximate surface area is 157 Å². The standard InChI is InChI=1S/C20H21N3O4/c1-12(17-10-9-16(25-3)11-18(17)26-4)21-19(24)14-5-7-15(8-6-14)20-22-13(2)23-27-20/h5-12H,1-4H3,(H,21,24)/t12-/m1/s1. The summed E-state index contributed by atoms with van der Waals surface area (Å²) in [5.41, 5.74) is 2.16. The summed E-state index contributed by atoms with van der Waals surface area (Å²) in [6.45, 7) is 3.65. The number of ether oxygens (including phenoxy) is 2. The molecule has 1 amide bonds. The minimum absolute atomic E-state index is 0.186. The molecule has 1 atom stereocenters. The first-order valence-electron chi connectivity index (χ1n) is 8.45. The zero-order valence-electron chi connectivity index (χ0n) is 15.6. The van der Waals surface area contributed by atoms with E-state index in [1.165, 1.54) is 0 Å². The molecule has 140 valence electrons.